The minimum absolute atomic E-state index is 0.0833. The van der Waals surface area contributed by atoms with E-state index in [1.807, 2.05) is 0 Å². The third-order valence-electron chi connectivity index (χ3n) is 11.0. The second kappa shape index (κ2) is 38.1. The summed E-state index contributed by atoms with van der Waals surface area (Å²) in [5, 5.41) is 50.2. The van der Waals surface area contributed by atoms with Gasteiger partial charge >= 0.3 is 13.8 Å². The van der Waals surface area contributed by atoms with E-state index >= 15 is 0 Å². The number of hydrogen-bond donors (Lipinski definition) is 6. The fraction of sp³-hybridized carbons (Fsp3) is 0.851. The summed E-state index contributed by atoms with van der Waals surface area (Å²) in [7, 11) is -5.02. The van der Waals surface area contributed by atoms with E-state index in [1.54, 1.807) is 0 Å². The van der Waals surface area contributed by atoms with Crippen LogP contribution in [0.2, 0.25) is 0 Å². The first kappa shape index (κ1) is 56.6. The van der Waals surface area contributed by atoms with E-state index in [4.69, 9.17) is 18.5 Å². The number of unbranched alkanes of at least 4 members (excludes halogenated alkanes) is 22. The molecule has 0 aliphatic heterocycles. The zero-order valence-corrected chi connectivity index (χ0v) is 38.4. The van der Waals surface area contributed by atoms with E-state index in [0.29, 0.717) is 13.0 Å². The first-order valence-electron chi connectivity index (χ1n) is 23.8. The van der Waals surface area contributed by atoms with Crippen LogP contribution in [0.1, 0.15) is 194 Å². The van der Waals surface area contributed by atoms with Crippen LogP contribution in [0.4, 0.5) is 0 Å². The Bertz CT molecular complexity index is 1130. The zero-order chi connectivity index (χ0) is 44.1. The van der Waals surface area contributed by atoms with Gasteiger partial charge < -0.3 is 39.9 Å². The number of phosphoric acid groups is 1. The van der Waals surface area contributed by atoms with Gasteiger partial charge in [0.15, 0.2) is 0 Å². The highest BCUT2D eigenvalue weighted by atomic mass is 31.2. The summed E-state index contributed by atoms with van der Waals surface area (Å²) in [6.07, 6.45) is 32.1. The molecular weight excluding hydrogens is 787 g/mol. The Morgan fingerprint density at radius 1 is 0.533 bits per heavy atom. The van der Waals surface area contributed by atoms with Gasteiger partial charge in [-0.15, -0.1) is 0 Å². The number of phosphoric ester groups is 1. The molecule has 0 spiro atoms. The molecule has 0 saturated heterocycles. The average Bonchev–Trinajstić information content (AvgIpc) is 3.23. The second-order valence-corrected chi connectivity index (χ2v) is 18.0. The molecule has 1 aliphatic rings. The SMILES string of the molecule is CCCCCC/C=C\C/C=C\CCCCCCCCCCOCC(COP(=O)(O)OC1C(O)C(O)C(O)C(O)C1O)OC(=O)CCCCCCC/C=C\CCCCCCC. The summed E-state index contributed by atoms with van der Waals surface area (Å²) in [4.78, 5) is 23.1. The summed E-state index contributed by atoms with van der Waals surface area (Å²) in [5.41, 5.74) is 0. The summed E-state index contributed by atoms with van der Waals surface area (Å²) < 4.78 is 34.2. The molecule has 1 fully saturated rings. The Hall–Kier alpha value is -1.44. The Kier molecular flexibility index (Phi) is 35.9. The van der Waals surface area contributed by atoms with Crippen LogP contribution in [0.5, 0.6) is 0 Å². The van der Waals surface area contributed by atoms with Crippen LogP contribution < -0.4 is 0 Å². The van der Waals surface area contributed by atoms with Gasteiger partial charge in [-0.25, -0.2) is 4.57 Å². The number of aliphatic hydroxyl groups is 5. The molecule has 6 unspecified atom stereocenters. The molecule has 352 valence electrons. The maximum Gasteiger partial charge on any atom is 0.472 e. The monoisotopic (exact) mass is 875 g/mol. The molecule has 0 aromatic carbocycles. The third kappa shape index (κ3) is 29.8. The average molecular weight is 875 g/mol. The Morgan fingerprint density at radius 3 is 1.43 bits per heavy atom. The third-order valence-corrected chi connectivity index (χ3v) is 12.0. The number of carbonyl (C=O) groups is 1. The highest BCUT2D eigenvalue weighted by molar-refractivity contribution is 7.47. The lowest BCUT2D eigenvalue weighted by Crippen LogP contribution is -2.64. The van der Waals surface area contributed by atoms with Crippen molar-refractivity contribution in [3.8, 4) is 0 Å². The molecule has 0 aromatic heterocycles. The number of carbonyl (C=O) groups excluding carboxylic acids is 1. The van der Waals surface area contributed by atoms with Gasteiger partial charge in [-0.1, -0.05) is 153 Å². The molecule has 6 N–H and O–H groups in total. The predicted molar refractivity (Wildman–Crippen MR) is 239 cm³/mol. The fourth-order valence-corrected chi connectivity index (χ4v) is 8.12. The molecule has 60 heavy (non-hydrogen) atoms. The molecule has 0 bridgehead atoms. The van der Waals surface area contributed by atoms with Crippen LogP contribution >= 0.6 is 7.82 Å². The van der Waals surface area contributed by atoms with Crippen molar-refractivity contribution in [2.45, 2.75) is 236 Å². The van der Waals surface area contributed by atoms with E-state index in [1.165, 1.54) is 89.9 Å². The summed E-state index contributed by atoms with van der Waals surface area (Å²) in [6, 6.07) is 0. The molecule has 0 heterocycles. The van der Waals surface area contributed by atoms with Crippen molar-refractivity contribution >= 4 is 13.8 Å². The summed E-state index contributed by atoms with van der Waals surface area (Å²) in [5.74, 6) is -0.488. The van der Waals surface area contributed by atoms with Gasteiger partial charge in [0, 0.05) is 13.0 Å². The number of hydrogen-bond acceptors (Lipinski definition) is 11. The molecule has 0 radical (unpaired) electrons. The first-order chi connectivity index (χ1) is 29.0. The highest BCUT2D eigenvalue weighted by Crippen LogP contribution is 2.47. The van der Waals surface area contributed by atoms with Gasteiger partial charge in [-0.3, -0.25) is 13.8 Å². The predicted octanol–water partition coefficient (Wildman–Crippen LogP) is 9.87. The van der Waals surface area contributed by atoms with Crippen molar-refractivity contribution in [1.29, 1.82) is 0 Å². The van der Waals surface area contributed by atoms with Crippen LogP contribution in [0, 0.1) is 0 Å². The minimum atomic E-state index is -5.02. The van der Waals surface area contributed by atoms with E-state index < -0.39 is 63.1 Å². The van der Waals surface area contributed by atoms with Crippen LogP contribution in [0.25, 0.3) is 0 Å². The van der Waals surface area contributed by atoms with Crippen molar-refractivity contribution in [3.63, 3.8) is 0 Å². The van der Waals surface area contributed by atoms with Crippen LogP contribution in [-0.4, -0.2) is 98.9 Å². The number of ether oxygens (including phenoxy) is 2. The molecule has 1 saturated carbocycles. The number of aliphatic hydroxyl groups excluding tert-OH is 5. The number of esters is 1. The lowest BCUT2D eigenvalue weighted by atomic mass is 9.85. The summed E-state index contributed by atoms with van der Waals surface area (Å²) in [6.45, 7) is 4.22. The molecule has 12 nitrogen and oxygen atoms in total. The topological polar surface area (TPSA) is 192 Å². The maximum atomic E-state index is 12.8. The Morgan fingerprint density at radius 2 is 0.933 bits per heavy atom. The van der Waals surface area contributed by atoms with Crippen molar-refractivity contribution in [2.75, 3.05) is 19.8 Å². The maximum absolute atomic E-state index is 12.8. The van der Waals surface area contributed by atoms with Gasteiger partial charge in [0.25, 0.3) is 0 Å². The Balaban J connectivity index is 2.38. The van der Waals surface area contributed by atoms with Crippen LogP contribution in [0.3, 0.4) is 0 Å². The molecule has 6 atom stereocenters. The van der Waals surface area contributed by atoms with Crippen molar-refractivity contribution in [1.82, 2.24) is 0 Å². The zero-order valence-electron chi connectivity index (χ0n) is 37.5. The van der Waals surface area contributed by atoms with Crippen molar-refractivity contribution in [2.24, 2.45) is 0 Å². The van der Waals surface area contributed by atoms with Crippen molar-refractivity contribution in [3.05, 3.63) is 36.5 Å². The molecule has 13 heteroatoms. The lowest BCUT2D eigenvalue weighted by Gasteiger charge is -2.41. The normalized spacial score (nSPS) is 22.6. The van der Waals surface area contributed by atoms with E-state index in [-0.39, 0.29) is 13.0 Å². The van der Waals surface area contributed by atoms with E-state index in [2.05, 4.69) is 50.3 Å². The molecular formula is C47H87O12P. The Labute approximate surface area is 363 Å². The van der Waals surface area contributed by atoms with Gasteiger partial charge in [0.05, 0.1) is 13.2 Å². The van der Waals surface area contributed by atoms with Gasteiger partial charge in [-0.05, 0) is 70.6 Å². The smallest absolute Gasteiger partial charge is 0.457 e. The van der Waals surface area contributed by atoms with Crippen LogP contribution in [-0.2, 0) is 27.9 Å². The molecule has 1 aliphatic carbocycles. The lowest BCUT2D eigenvalue weighted by molar-refractivity contribution is -0.220. The fourth-order valence-electron chi connectivity index (χ4n) is 7.14. The quantitative estimate of drug-likeness (QED) is 0.0148. The number of rotatable bonds is 40. The molecule has 0 aromatic rings. The van der Waals surface area contributed by atoms with E-state index in [0.717, 1.165) is 77.0 Å². The second-order valence-electron chi connectivity index (χ2n) is 16.6. The van der Waals surface area contributed by atoms with Crippen molar-refractivity contribution < 1.29 is 58.3 Å². The van der Waals surface area contributed by atoms with Gasteiger partial charge in [0.1, 0.15) is 42.7 Å². The van der Waals surface area contributed by atoms with E-state index in [9.17, 15) is 39.8 Å². The van der Waals surface area contributed by atoms with Gasteiger partial charge in [-0.2, -0.15) is 0 Å². The van der Waals surface area contributed by atoms with Gasteiger partial charge in [0.2, 0.25) is 0 Å². The standard InChI is InChI=1S/C47H87O12P/c1-3-5-7-9-11-13-15-17-19-20-21-22-23-25-27-29-31-33-35-37-56-38-40(39-57-60(54,55)59-47-45(52)43(50)42(49)44(51)46(47)53)58-41(48)36-34-32-30-28-26-24-18-16-14-12-10-8-6-4-2/h13,15-16,18-20,40,42-47,49-53H,3-12,14,17,21-39H2,1-2H3,(H,54,55)/b15-13-,18-16-,20-19-. The molecule has 1 rings (SSSR count). The minimum Gasteiger partial charge on any atom is -0.457 e. The number of allylic oxidation sites excluding steroid dienone is 6. The first-order valence-corrected chi connectivity index (χ1v) is 25.3. The summed E-state index contributed by atoms with van der Waals surface area (Å²) >= 11 is 0. The molecule has 0 amide bonds. The highest BCUT2D eigenvalue weighted by Gasteiger charge is 2.51. The largest absolute Gasteiger partial charge is 0.472 e. The van der Waals surface area contributed by atoms with Crippen LogP contribution in [0.15, 0.2) is 36.5 Å².